The summed E-state index contributed by atoms with van der Waals surface area (Å²) >= 11 is 13.9. The molecule has 3 nitrogen and oxygen atoms in total. The Labute approximate surface area is 155 Å². The molecule has 3 N–H and O–H groups in total. The number of rotatable bonds is 6. The third-order valence-electron chi connectivity index (χ3n) is 3.29. The van der Waals surface area contributed by atoms with Crippen molar-refractivity contribution in [2.24, 2.45) is 0 Å². The molecule has 0 saturated carbocycles. The summed E-state index contributed by atoms with van der Waals surface area (Å²) in [5.74, 6) is 2.46. The maximum absolute atomic E-state index is 11.9. The maximum atomic E-state index is 11.9. The summed E-state index contributed by atoms with van der Waals surface area (Å²) in [7, 11) is 0. The van der Waals surface area contributed by atoms with E-state index in [0.29, 0.717) is 15.7 Å². The number of hydrogen-bond donors (Lipinski definition) is 2. The molecule has 0 saturated heterocycles. The minimum atomic E-state index is -0.214. The van der Waals surface area contributed by atoms with Gasteiger partial charge in [0, 0.05) is 15.7 Å². The molecule has 24 heavy (non-hydrogen) atoms. The van der Waals surface area contributed by atoms with Gasteiger partial charge < -0.3 is 11.1 Å². The SMILES string of the molecule is C#CCNC(=O)CSC(c1cc(Cl)ccc1N)c1ccccc1Cl. The number of carbonyl (C=O) groups excluding carboxylic acids is 1. The number of benzene rings is 2. The molecular formula is C18H16Cl2N2OS. The summed E-state index contributed by atoms with van der Waals surface area (Å²) in [5.41, 5.74) is 8.42. The lowest BCUT2D eigenvalue weighted by Gasteiger charge is -2.20. The second kappa shape index (κ2) is 8.89. The van der Waals surface area contributed by atoms with E-state index in [9.17, 15) is 4.79 Å². The molecule has 1 atom stereocenters. The molecule has 1 unspecified atom stereocenters. The third-order valence-corrected chi connectivity index (χ3v) is 5.14. The molecule has 2 aromatic carbocycles. The molecule has 0 heterocycles. The van der Waals surface area contributed by atoms with E-state index in [4.69, 9.17) is 35.4 Å². The number of nitrogen functional groups attached to an aromatic ring is 1. The molecule has 6 heteroatoms. The third kappa shape index (κ3) is 4.85. The minimum Gasteiger partial charge on any atom is -0.398 e. The summed E-state index contributed by atoms with van der Waals surface area (Å²) in [6, 6.07) is 12.8. The smallest absolute Gasteiger partial charge is 0.230 e. The summed E-state index contributed by atoms with van der Waals surface area (Å²) in [6.45, 7) is 0.204. The van der Waals surface area contributed by atoms with Crippen molar-refractivity contribution >= 4 is 46.6 Å². The number of amides is 1. The quantitative estimate of drug-likeness (QED) is 0.586. The van der Waals surface area contributed by atoms with Crippen molar-refractivity contribution in [3.63, 3.8) is 0 Å². The van der Waals surface area contributed by atoms with Crippen LogP contribution in [0.25, 0.3) is 0 Å². The number of halogens is 2. The highest BCUT2D eigenvalue weighted by atomic mass is 35.5. The van der Waals surface area contributed by atoms with Gasteiger partial charge in [-0.3, -0.25) is 4.79 Å². The zero-order chi connectivity index (χ0) is 17.5. The molecule has 124 valence electrons. The Kier molecular flexibility index (Phi) is 6.86. The van der Waals surface area contributed by atoms with Crippen LogP contribution in [0.2, 0.25) is 10.0 Å². The molecule has 0 aromatic heterocycles. The van der Waals surface area contributed by atoms with Gasteiger partial charge in [-0.1, -0.05) is 47.3 Å². The van der Waals surface area contributed by atoms with Crippen molar-refractivity contribution in [3.05, 3.63) is 63.6 Å². The van der Waals surface area contributed by atoms with Gasteiger partial charge in [0.05, 0.1) is 17.5 Å². The first-order valence-corrected chi connectivity index (χ1v) is 8.94. The van der Waals surface area contributed by atoms with Crippen LogP contribution in [0.5, 0.6) is 0 Å². The first kappa shape index (κ1) is 18.5. The van der Waals surface area contributed by atoms with E-state index < -0.39 is 0 Å². The van der Waals surface area contributed by atoms with Gasteiger partial charge in [-0.15, -0.1) is 18.2 Å². The van der Waals surface area contributed by atoms with E-state index in [0.717, 1.165) is 11.1 Å². The molecule has 0 radical (unpaired) electrons. The second-order valence-corrected chi connectivity index (χ2v) is 6.90. The fraction of sp³-hybridized carbons (Fsp3) is 0.167. The molecule has 2 rings (SSSR count). The molecular weight excluding hydrogens is 363 g/mol. The van der Waals surface area contributed by atoms with E-state index in [1.54, 1.807) is 18.2 Å². The minimum absolute atomic E-state index is 0.143. The van der Waals surface area contributed by atoms with E-state index >= 15 is 0 Å². The van der Waals surface area contributed by atoms with Crippen molar-refractivity contribution in [3.8, 4) is 12.3 Å². The Morgan fingerprint density at radius 1 is 1.25 bits per heavy atom. The molecule has 0 bridgehead atoms. The van der Waals surface area contributed by atoms with Gasteiger partial charge in [-0.2, -0.15) is 0 Å². The Hall–Kier alpha value is -1.80. The zero-order valence-electron chi connectivity index (χ0n) is 12.8. The Morgan fingerprint density at radius 2 is 2.00 bits per heavy atom. The van der Waals surface area contributed by atoms with Gasteiger partial charge >= 0.3 is 0 Å². The maximum Gasteiger partial charge on any atom is 0.230 e. The topological polar surface area (TPSA) is 55.1 Å². The lowest BCUT2D eigenvalue weighted by molar-refractivity contribution is -0.118. The summed E-state index contributed by atoms with van der Waals surface area (Å²) < 4.78 is 0. The van der Waals surface area contributed by atoms with Crippen molar-refractivity contribution in [2.75, 3.05) is 18.0 Å². The van der Waals surface area contributed by atoms with Gasteiger partial charge in [0.25, 0.3) is 0 Å². The zero-order valence-corrected chi connectivity index (χ0v) is 15.1. The number of terminal acetylenes is 1. The number of nitrogens with one attached hydrogen (secondary N) is 1. The van der Waals surface area contributed by atoms with Crippen LogP contribution < -0.4 is 11.1 Å². The summed E-state index contributed by atoms with van der Waals surface area (Å²) in [6.07, 6.45) is 5.15. The van der Waals surface area contributed by atoms with Crippen LogP contribution in [0.15, 0.2) is 42.5 Å². The lowest BCUT2D eigenvalue weighted by atomic mass is 10.0. The number of hydrogen-bond acceptors (Lipinski definition) is 3. The van der Waals surface area contributed by atoms with Crippen LogP contribution in [0.3, 0.4) is 0 Å². The number of nitrogens with two attached hydrogens (primary N) is 1. The van der Waals surface area contributed by atoms with Gasteiger partial charge in [0.2, 0.25) is 5.91 Å². The highest BCUT2D eigenvalue weighted by molar-refractivity contribution is 8.00. The van der Waals surface area contributed by atoms with Crippen LogP contribution >= 0.6 is 35.0 Å². The van der Waals surface area contributed by atoms with Gasteiger partial charge in [0.1, 0.15) is 0 Å². The van der Waals surface area contributed by atoms with Crippen LogP contribution in [0, 0.1) is 12.3 Å². The van der Waals surface area contributed by atoms with Crippen molar-refractivity contribution in [2.45, 2.75) is 5.25 Å². The van der Waals surface area contributed by atoms with Crippen molar-refractivity contribution < 1.29 is 4.79 Å². The number of anilines is 1. The Balaban J connectivity index is 2.32. The Bertz CT molecular complexity index is 774. The molecule has 2 aromatic rings. The molecule has 0 aliphatic carbocycles. The average Bonchev–Trinajstić information content (AvgIpc) is 2.57. The normalized spacial score (nSPS) is 11.5. The number of thioether (sulfide) groups is 1. The van der Waals surface area contributed by atoms with E-state index in [-0.39, 0.29) is 23.5 Å². The summed E-state index contributed by atoms with van der Waals surface area (Å²) in [4.78, 5) is 11.9. The first-order valence-electron chi connectivity index (χ1n) is 7.14. The summed E-state index contributed by atoms with van der Waals surface area (Å²) in [5, 5.41) is 3.62. The molecule has 0 aliphatic heterocycles. The van der Waals surface area contributed by atoms with E-state index in [1.807, 2.05) is 24.3 Å². The van der Waals surface area contributed by atoms with Crippen LogP contribution in [-0.4, -0.2) is 18.2 Å². The van der Waals surface area contributed by atoms with E-state index in [1.165, 1.54) is 11.8 Å². The fourth-order valence-electron chi connectivity index (χ4n) is 2.17. The van der Waals surface area contributed by atoms with Crippen molar-refractivity contribution in [1.82, 2.24) is 5.32 Å². The van der Waals surface area contributed by atoms with Gasteiger partial charge in [-0.05, 0) is 35.4 Å². The van der Waals surface area contributed by atoms with Gasteiger partial charge in [-0.25, -0.2) is 0 Å². The lowest BCUT2D eigenvalue weighted by Crippen LogP contribution is -2.25. The van der Waals surface area contributed by atoms with Crippen LogP contribution in [-0.2, 0) is 4.79 Å². The second-order valence-electron chi connectivity index (χ2n) is 4.97. The predicted molar refractivity (Wildman–Crippen MR) is 103 cm³/mol. The molecule has 0 fully saturated rings. The monoisotopic (exact) mass is 378 g/mol. The largest absolute Gasteiger partial charge is 0.398 e. The average molecular weight is 379 g/mol. The molecule has 0 aliphatic rings. The molecule has 0 spiro atoms. The number of carbonyl (C=O) groups is 1. The highest BCUT2D eigenvalue weighted by Crippen LogP contribution is 2.42. The predicted octanol–water partition coefficient (Wildman–Crippen LogP) is 4.15. The standard InChI is InChI=1S/C18H16Cl2N2OS/c1-2-9-22-17(23)11-24-18(13-5-3-4-6-15(13)20)14-10-12(19)7-8-16(14)21/h1,3-8,10,18H,9,11,21H2,(H,22,23). The van der Waals surface area contributed by atoms with Gasteiger partial charge in [0.15, 0.2) is 0 Å². The Morgan fingerprint density at radius 3 is 2.71 bits per heavy atom. The molecule has 1 amide bonds. The van der Waals surface area contributed by atoms with Crippen molar-refractivity contribution in [1.29, 1.82) is 0 Å². The van der Waals surface area contributed by atoms with Crippen LogP contribution in [0.4, 0.5) is 5.69 Å². The van der Waals surface area contributed by atoms with Crippen LogP contribution in [0.1, 0.15) is 16.4 Å². The fourth-order valence-corrected chi connectivity index (χ4v) is 3.85. The first-order chi connectivity index (χ1) is 11.5. The highest BCUT2D eigenvalue weighted by Gasteiger charge is 2.21. The van der Waals surface area contributed by atoms with E-state index in [2.05, 4.69) is 11.2 Å².